The van der Waals surface area contributed by atoms with Gasteiger partial charge in [-0.3, -0.25) is 19.4 Å². The van der Waals surface area contributed by atoms with E-state index >= 15 is 0 Å². The average molecular weight is 755 g/mol. The van der Waals surface area contributed by atoms with Crippen molar-refractivity contribution in [2.75, 3.05) is 39.3 Å². The molecule has 0 radical (unpaired) electrons. The Morgan fingerprint density at radius 1 is 0.981 bits per heavy atom. The quantitative estimate of drug-likeness (QED) is 0.151. The third-order valence-electron chi connectivity index (χ3n) is 9.54. The van der Waals surface area contributed by atoms with Gasteiger partial charge in [-0.1, -0.05) is 90.5 Å². The Labute approximate surface area is 310 Å². The molecule has 3 heterocycles. The minimum Gasteiger partial charge on any atom is -0.490 e. The summed E-state index contributed by atoms with van der Waals surface area (Å²) < 4.78 is 51.1. The van der Waals surface area contributed by atoms with Gasteiger partial charge in [0.1, 0.15) is 36.8 Å². The highest BCUT2D eigenvalue weighted by Gasteiger charge is 2.38. The Morgan fingerprint density at radius 3 is 2.42 bits per heavy atom. The Balaban J connectivity index is 1.16. The standard InChI is InChI=1S/C39H42ClF3N4O6/c40-31-19-29(53-36(31)26-11-5-2-6-12-26)21-46-15-16-47(32(22-46)38(51)44-24-39(41,42)43)20-28(48)18-27(17-25-9-3-1-4-10-25)37(50)45-35-30-13-7-8-14-34(30)52-23-33(35)49/h1-14,19,27-28,32-33,35,48-49H,15-18,20-24H2,(H,44,51)(H,45,50)/t27-,28+,32+,33-,35+/m1/s1. The van der Waals surface area contributed by atoms with E-state index in [0.717, 1.165) is 11.1 Å². The number of aliphatic hydroxyl groups is 2. The molecule has 0 spiro atoms. The monoisotopic (exact) mass is 754 g/mol. The van der Waals surface area contributed by atoms with Gasteiger partial charge in [0, 0.05) is 49.3 Å². The molecule has 5 atom stereocenters. The van der Waals surface area contributed by atoms with E-state index in [4.69, 9.17) is 20.8 Å². The third kappa shape index (κ3) is 10.2. The van der Waals surface area contributed by atoms with E-state index in [1.54, 1.807) is 35.2 Å². The predicted molar refractivity (Wildman–Crippen MR) is 192 cm³/mol. The van der Waals surface area contributed by atoms with Crippen molar-refractivity contribution in [3.05, 3.63) is 113 Å². The number of rotatable bonds is 13. The zero-order valence-electron chi connectivity index (χ0n) is 28.8. The van der Waals surface area contributed by atoms with Gasteiger partial charge in [0.2, 0.25) is 11.8 Å². The number of benzene rings is 3. The first kappa shape index (κ1) is 38.3. The minimum absolute atomic E-state index is 0.00114. The number of carbonyl (C=O) groups is 2. The molecule has 4 aromatic rings. The highest BCUT2D eigenvalue weighted by Crippen LogP contribution is 2.34. The molecular weight excluding hydrogens is 713 g/mol. The highest BCUT2D eigenvalue weighted by molar-refractivity contribution is 6.33. The van der Waals surface area contributed by atoms with Crippen LogP contribution in [0.1, 0.15) is 29.3 Å². The van der Waals surface area contributed by atoms with Crippen molar-refractivity contribution in [3.63, 3.8) is 0 Å². The van der Waals surface area contributed by atoms with Crippen LogP contribution in [0.5, 0.6) is 5.75 Å². The summed E-state index contributed by atoms with van der Waals surface area (Å²) in [6.45, 7) is -0.571. The number of para-hydroxylation sites is 1. The van der Waals surface area contributed by atoms with Gasteiger partial charge in [-0.05, 0) is 24.5 Å². The number of aliphatic hydroxyl groups excluding tert-OH is 2. The van der Waals surface area contributed by atoms with Crippen molar-refractivity contribution < 1.29 is 42.1 Å². The molecule has 2 amide bonds. The minimum atomic E-state index is -4.61. The first-order valence-electron chi connectivity index (χ1n) is 17.5. The number of furan rings is 1. The molecule has 10 nitrogen and oxygen atoms in total. The maximum Gasteiger partial charge on any atom is 0.405 e. The number of fused-ring (bicyclic) bond motifs is 1. The molecule has 0 saturated carbocycles. The molecule has 3 aromatic carbocycles. The Kier molecular flexibility index (Phi) is 12.4. The van der Waals surface area contributed by atoms with Gasteiger partial charge in [-0.2, -0.15) is 13.2 Å². The van der Waals surface area contributed by atoms with Crippen LogP contribution < -0.4 is 15.4 Å². The lowest BCUT2D eigenvalue weighted by Crippen LogP contribution is -2.60. The molecule has 53 heavy (non-hydrogen) atoms. The number of amides is 2. The number of halogens is 4. The molecule has 14 heteroatoms. The topological polar surface area (TPSA) is 128 Å². The van der Waals surface area contributed by atoms with Gasteiger partial charge in [-0.25, -0.2) is 0 Å². The smallest absolute Gasteiger partial charge is 0.405 e. The molecule has 282 valence electrons. The Bertz CT molecular complexity index is 1830. The number of hydrogen-bond acceptors (Lipinski definition) is 8. The predicted octanol–water partition coefficient (Wildman–Crippen LogP) is 4.99. The van der Waals surface area contributed by atoms with Crippen LogP contribution in [-0.4, -0.2) is 95.6 Å². The molecule has 2 aliphatic heterocycles. The number of carbonyl (C=O) groups excluding carboxylic acids is 2. The van der Waals surface area contributed by atoms with Gasteiger partial charge in [0.05, 0.1) is 23.7 Å². The lowest BCUT2D eigenvalue weighted by Gasteiger charge is -2.41. The average Bonchev–Trinajstić information content (AvgIpc) is 3.51. The van der Waals surface area contributed by atoms with Crippen LogP contribution >= 0.6 is 11.6 Å². The molecule has 0 bridgehead atoms. The summed E-state index contributed by atoms with van der Waals surface area (Å²) in [5.74, 6) is -0.367. The van der Waals surface area contributed by atoms with Gasteiger partial charge < -0.3 is 30.0 Å². The second-order valence-corrected chi connectivity index (χ2v) is 13.9. The van der Waals surface area contributed by atoms with Crippen molar-refractivity contribution >= 4 is 23.4 Å². The summed E-state index contributed by atoms with van der Waals surface area (Å²) in [5.41, 5.74) is 2.29. The fourth-order valence-electron chi connectivity index (χ4n) is 6.94. The van der Waals surface area contributed by atoms with Crippen LogP contribution in [0.4, 0.5) is 13.2 Å². The van der Waals surface area contributed by atoms with E-state index in [0.29, 0.717) is 34.4 Å². The second-order valence-electron chi connectivity index (χ2n) is 13.5. The number of β-amino-alcohol motifs (C(OH)–C–C–N with tert-alkyl or cyclic N) is 1. The van der Waals surface area contributed by atoms with Crippen molar-refractivity contribution in [1.82, 2.24) is 20.4 Å². The van der Waals surface area contributed by atoms with Crippen molar-refractivity contribution in [2.45, 2.75) is 49.9 Å². The van der Waals surface area contributed by atoms with Crippen LogP contribution in [0.2, 0.25) is 5.02 Å². The number of alkyl halides is 3. The zero-order chi connectivity index (χ0) is 37.5. The fraction of sp³-hybridized carbons (Fsp3) is 0.385. The molecule has 4 N–H and O–H groups in total. The maximum absolute atomic E-state index is 13.9. The van der Waals surface area contributed by atoms with E-state index < -0.39 is 48.8 Å². The lowest BCUT2D eigenvalue weighted by molar-refractivity contribution is -0.143. The van der Waals surface area contributed by atoms with Gasteiger partial charge in [-0.15, -0.1) is 0 Å². The summed E-state index contributed by atoms with van der Waals surface area (Å²) >= 11 is 6.47. The SMILES string of the molecule is O=C(N[C@H]1c2ccccc2OC[C@H]1O)[C@H](Cc1ccccc1)C[C@H](O)CN1CCN(Cc2cc(Cl)c(-c3ccccc3)o2)C[C@H]1C(=O)NCC(F)(F)F. The summed E-state index contributed by atoms with van der Waals surface area (Å²) in [4.78, 5) is 30.8. The number of hydrogen-bond donors (Lipinski definition) is 4. The highest BCUT2D eigenvalue weighted by atomic mass is 35.5. The molecule has 0 aliphatic carbocycles. The molecule has 1 saturated heterocycles. The summed E-state index contributed by atoms with van der Waals surface area (Å²) in [6.07, 6.45) is -6.45. The van der Waals surface area contributed by atoms with Gasteiger partial charge in [0.25, 0.3) is 0 Å². The largest absolute Gasteiger partial charge is 0.490 e. The van der Waals surface area contributed by atoms with E-state index in [1.165, 1.54) is 0 Å². The van der Waals surface area contributed by atoms with E-state index in [1.807, 2.05) is 70.9 Å². The summed E-state index contributed by atoms with van der Waals surface area (Å²) in [6, 6.07) is 25.7. The molecule has 6 rings (SSSR count). The normalized spacial score (nSPS) is 20.5. The third-order valence-corrected chi connectivity index (χ3v) is 9.82. The lowest BCUT2D eigenvalue weighted by atomic mass is 9.90. The first-order valence-corrected chi connectivity index (χ1v) is 17.9. The molecule has 1 aromatic heterocycles. The maximum atomic E-state index is 13.9. The second kappa shape index (κ2) is 17.2. The van der Waals surface area contributed by atoms with E-state index in [9.17, 15) is 33.0 Å². The Hall–Kier alpha value is -4.40. The fourth-order valence-corrected chi connectivity index (χ4v) is 7.21. The molecular formula is C39H42ClF3N4O6. The van der Waals surface area contributed by atoms with Crippen LogP contribution in [0.3, 0.4) is 0 Å². The Morgan fingerprint density at radius 2 is 1.68 bits per heavy atom. The van der Waals surface area contributed by atoms with E-state index in [2.05, 4.69) is 5.32 Å². The van der Waals surface area contributed by atoms with Crippen molar-refractivity contribution in [3.8, 4) is 17.1 Å². The van der Waals surface area contributed by atoms with Crippen LogP contribution in [-0.2, 0) is 22.6 Å². The van der Waals surface area contributed by atoms with Gasteiger partial charge in [0.15, 0.2) is 5.76 Å². The van der Waals surface area contributed by atoms with E-state index in [-0.39, 0.29) is 51.5 Å². The van der Waals surface area contributed by atoms with Crippen LogP contribution in [0.15, 0.2) is 95.4 Å². The number of ether oxygens (including phenoxy) is 1. The van der Waals surface area contributed by atoms with Crippen LogP contribution in [0, 0.1) is 5.92 Å². The molecule has 2 aliphatic rings. The zero-order valence-corrected chi connectivity index (χ0v) is 29.6. The van der Waals surface area contributed by atoms with Crippen molar-refractivity contribution in [2.24, 2.45) is 5.92 Å². The first-order chi connectivity index (χ1) is 25.4. The molecule has 1 fully saturated rings. The number of nitrogens with zero attached hydrogens (tertiary/aromatic N) is 2. The molecule has 0 unspecified atom stereocenters. The summed E-state index contributed by atoms with van der Waals surface area (Å²) in [5, 5.41) is 27.6. The van der Waals surface area contributed by atoms with Crippen molar-refractivity contribution in [1.29, 1.82) is 0 Å². The summed E-state index contributed by atoms with van der Waals surface area (Å²) in [7, 11) is 0. The van der Waals surface area contributed by atoms with Crippen LogP contribution in [0.25, 0.3) is 11.3 Å². The number of piperazine rings is 1. The van der Waals surface area contributed by atoms with Gasteiger partial charge >= 0.3 is 6.18 Å². The number of nitrogens with one attached hydrogen (secondary N) is 2.